The Morgan fingerprint density at radius 2 is 1.86 bits per heavy atom. The number of rotatable bonds is 3. The number of hydrogen-bond acceptors (Lipinski definition) is 2. The fraction of sp³-hybridized carbons (Fsp3) is 0.0588. The molecule has 0 aliphatic rings. The van der Waals surface area contributed by atoms with Gasteiger partial charge in [0, 0.05) is 10.2 Å². The van der Waals surface area contributed by atoms with Crippen molar-refractivity contribution in [2.45, 2.75) is 6.92 Å². The molecule has 0 aliphatic carbocycles. The molecule has 0 spiro atoms. The second-order valence-electron chi connectivity index (χ2n) is 4.49. The number of nitrogens with one attached hydrogen (secondary N) is 1. The van der Waals surface area contributed by atoms with Crippen molar-refractivity contribution in [1.29, 1.82) is 5.26 Å². The van der Waals surface area contributed by atoms with E-state index in [-0.39, 0.29) is 5.57 Å². The van der Waals surface area contributed by atoms with Gasteiger partial charge in [-0.15, -0.1) is 0 Å². The molecule has 21 heavy (non-hydrogen) atoms. The lowest BCUT2D eigenvalue weighted by Crippen LogP contribution is -2.14. The van der Waals surface area contributed by atoms with Crippen molar-refractivity contribution in [3.05, 3.63) is 69.7 Å². The summed E-state index contributed by atoms with van der Waals surface area (Å²) in [5, 5.41) is 11.9. The van der Waals surface area contributed by atoms with E-state index in [9.17, 15) is 10.1 Å². The van der Waals surface area contributed by atoms with E-state index in [4.69, 9.17) is 0 Å². The average molecular weight is 341 g/mol. The number of amides is 1. The first-order valence-corrected chi connectivity index (χ1v) is 7.14. The number of nitrogens with zero attached hydrogens (tertiary/aromatic N) is 1. The highest BCUT2D eigenvalue weighted by Crippen LogP contribution is 2.16. The van der Waals surface area contributed by atoms with Crippen LogP contribution in [0.3, 0.4) is 0 Å². The predicted molar refractivity (Wildman–Crippen MR) is 87.5 cm³/mol. The number of carbonyl (C=O) groups is 1. The molecule has 0 atom stereocenters. The molecule has 0 bridgehead atoms. The molecule has 0 saturated carbocycles. The van der Waals surface area contributed by atoms with E-state index in [0.717, 1.165) is 15.6 Å². The Kier molecular flexibility index (Phi) is 4.91. The number of halogens is 1. The van der Waals surface area contributed by atoms with E-state index < -0.39 is 5.91 Å². The first-order chi connectivity index (χ1) is 10.1. The van der Waals surface area contributed by atoms with Gasteiger partial charge in [-0.3, -0.25) is 4.79 Å². The smallest absolute Gasteiger partial charge is 0.266 e. The minimum absolute atomic E-state index is 0.0700. The Morgan fingerprint density at radius 3 is 2.48 bits per heavy atom. The fourth-order valence-corrected chi connectivity index (χ4v) is 2.04. The SMILES string of the molecule is Cc1ccccc1NC(=O)/C(C#N)=C/c1ccc(Br)cc1. The minimum atomic E-state index is -0.408. The summed E-state index contributed by atoms with van der Waals surface area (Å²) in [7, 11) is 0. The lowest BCUT2D eigenvalue weighted by molar-refractivity contribution is -0.112. The fourth-order valence-electron chi connectivity index (χ4n) is 1.78. The summed E-state index contributed by atoms with van der Waals surface area (Å²) in [6.45, 7) is 1.90. The first kappa shape index (κ1) is 15.0. The van der Waals surface area contributed by atoms with E-state index in [2.05, 4.69) is 21.2 Å². The van der Waals surface area contributed by atoms with Crippen molar-refractivity contribution in [3.8, 4) is 6.07 Å². The summed E-state index contributed by atoms with van der Waals surface area (Å²) in [5.74, 6) is -0.408. The third-order valence-electron chi connectivity index (χ3n) is 2.94. The molecule has 104 valence electrons. The normalized spacial score (nSPS) is 10.8. The van der Waals surface area contributed by atoms with Crippen LogP contribution in [0.2, 0.25) is 0 Å². The summed E-state index contributed by atoms with van der Waals surface area (Å²) in [6.07, 6.45) is 1.57. The van der Waals surface area contributed by atoms with Gasteiger partial charge in [-0.2, -0.15) is 5.26 Å². The van der Waals surface area contributed by atoms with Gasteiger partial charge in [0.25, 0.3) is 5.91 Å². The topological polar surface area (TPSA) is 52.9 Å². The third-order valence-corrected chi connectivity index (χ3v) is 3.47. The average Bonchev–Trinajstić information content (AvgIpc) is 2.49. The molecule has 2 rings (SSSR count). The summed E-state index contributed by atoms with van der Waals surface area (Å²) in [5.41, 5.74) is 2.53. The Labute approximate surface area is 132 Å². The van der Waals surface area contributed by atoms with Crippen LogP contribution in [0.1, 0.15) is 11.1 Å². The predicted octanol–water partition coefficient (Wildman–Crippen LogP) is 4.30. The van der Waals surface area contributed by atoms with Gasteiger partial charge in [0.2, 0.25) is 0 Å². The molecule has 0 radical (unpaired) electrons. The van der Waals surface area contributed by atoms with Crippen molar-refractivity contribution >= 4 is 33.6 Å². The molecule has 0 heterocycles. The molecule has 4 heteroatoms. The number of aryl methyl sites for hydroxylation is 1. The van der Waals surface area contributed by atoms with Crippen molar-refractivity contribution in [1.82, 2.24) is 0 Å². The molecular weight excluding hydrogens is 328 g/mol. The lowest BCUT2D eigenvalue weighted by Gasteiger charge is -2.07. The monoisotopic (exact) mass is 340 g/mol. The first-order valence-electron chi connectivity index (χ1n) is 6.34. The molecule has 0 aliphatic heterocycles. The highest BCUT2D eigenvalue weighted by molar-refractivity contribution is 9.10. The van der Waals surface area contributed by atoms with Crippen molar-refractivity contribution < 1.29 is 4.79 Å². The molecular formula is C17H13BrN2O. The van der Waals surface area contributed by atoms with Crippen LogP contribution in [-0.2, 0) is 4.79 Å². The minimum Gasteiger partial charge on any atom is -0.321 e. The zero-order valence-electron chi connectivity index (χ0n) is 11.4. The van der Waals surface area contributed by atoms with Crippen molar-refractivity contribution in [3.63, 3.8) is 0 Å². The quantitative estimate of drug-likeness (QED) is 0.668. The van der Waals surface area contributed by atoms with Gasteiger partial charge in [0.05, 0.1) is 0 Å². The van der Waals surface area contributed by atoms with Gasteiger partial charge >= 0.3 is 0 Å². The Hall–Kier alpha value is -2.38. The molecule has 1 N–H and O–H groups in total. The van der Waals surface area contributed by atoms with Crippen LogP contribution in [0, 0.1) is 18.3 Å². The summed E-state index contributed by atoms with van der Waals surface area (Å²) in [4.78, 5) is 12.2. The van der Waals surface area contributed by atoms with Gasteiger partial charge in [-0.25, -0.2) is 0 Å². The number of hydrogen-bond donors (Lipinski definition) is 1. The number of nitriles is 1. The largest absolute Gasteiger partial charge is 0.321 e. The maximum atomic E-state index is 12.2. The Morgan fingerprint density at radius 1 is 1.19 bits per heavy atom. The summed E-state index contributed by atoms with van der Waals surface area (Å²) < 4.78 is 0.947. The molecule has 2 aromatic rings. The second kappa shape index (κ2) is 6.87. The Balaban J connectivity index is 2.21. The lowest BCUT2D eigenvalue weighted by atomic mass is 10.1. The Bertz CT molecular complexity index is 727. The van der Waals surface area contributed by atoms with Crippen LogP contribution in [0.25, 0.3) is 6.08 Å². The molecule has 0 fully saturated rings. The van der Waals surface area contributed by atoms with Crippen LogP contribution >= 0.6 is 15.9 Å². The van der Waals surface area contributed by atoms with E-state index in [1.807, 2.05) is 61.5 Å². The third kappa shape index (κ3) is 4.04. The van der Waals surface area contributed by atoms with Crippen LogP contribution in [-0.4, -0.2) is 5.91 Å². The molecule has 0 unspecified atom stereocenters. The number of para-hydroxylation sites is 1. The summed E-state index contributed by atoms with van der Waals surface area (Å²) in [6, 6.07) is 16.8. The number of carbonyl (C=O) groups excluding carboxylic acids is 1. The zero-order valence-corrected chi connectivity index (χ0v) is 13.0. The second-order valence-corrected chi connectivity index (χ2v) is 5.41. The molecule has 1 amide bonds. The van der Waals surface area contributed by atoms with Crippen LogP contribution in [0.4, 0.5) is 5.69 Å². The molecule has 0 saturated heterocycles. The van der Waals surface area contributed by atoms with E-state index >= 15 is 0 Å². The highest BCUT2D eigenvalue weighted by Gasteiger charge is 2.10. The molecule has 3 nitrogen and oxygen atoms in total. The zero-order chi connectivity index (χ0) is 15.2. The molecule has 2 aromatic carbocycles. The maximum Gasteiger partial charge on any atom is 0.266 e. The van der Waals surface area contributed by atoms with Gasteiger partial charge in [-0.1, -0.05) is 46.3 Å². The van der Waals surface area contributed by atoms with E-state index in [1.54, 1.807) is 6.08 Å². The van der Waals surface area contributed by atoms with Gasteiger partial charge < -0.3 is 5.32 Å². The van der Waals surface area contributed by atoms with Gasteiger partial charge in [0.1, 0.15) is 11.6 Å². The van der Waals surface area contributed by atoms with Crippen LogP contribution < -0.4 is 5.32 Å². The summed E-state index contributed by atoms with van der Waals surface area (Å²) >= 11 is 3.34. The number of benzene rings is 2. The van der Waals surface area contributed by atoms with E-state index in [0.29, 0.717) is 5.69 Å². The van der Waals surface area contributed by atoms with Gasteiger partial charge in [-0.05, 0) is 42.3 Å². The van der Waals surface area contributed by atoms with Gasteiger partial charge in [0.15, 0.2) is 0 Å². The van der Waals surface area contributed by atoms with Crippen LogP contribution in [0.5, 0.6) is 0 Å². The standard InChI is InChI=1S/C17H13BrN2O/c1-12-4-2-3-5-16(12)20-17(21)14(11-19)10-13-6-8-15(18)9-7-13/h2-10H,1H3,(H,20,21)/b14-10+. The van der Waals surface area contributed by atoms with Crippen LogP contribution in [0.15, 0.2) is 58.6 Å². The van der Waals surface area contributed by atoms with E-state index in [1.165, 1.54) is 0 Å². The van der Waals surface area contributed by atoms with Crippen molar-refractivity contribution in [2.75, 3.05) is 5.32 Å². The highest BCUT2D eigenvalue weighted by atomic mass is 79.9. The maximum absolute atomic E-state index is 12.2. The molecule has 0 aromatic heterocycles. The number of anilines is 1. The van der Waals surface area contributed by atoms with Crippen molar-refractivity contribution in [2.24, 2.45) is 0 Å².